The Bertz CT molecular complexity index is 903. The van der Waals surface area contributed by atoms with Gasteiger partial charge in [-0.3, -0.25) is 0 Å². The van der Waals surface area contributed by atoms with Gasteiger partial charge in [0.2, 0.25) is 0 Å². The molecule has 4 heteroatoms. The van der Waals surface area contributed by atoms with Crippen molar-refractivity contribution in [2.45, 2.75) is 45.2 Å². The number of benzene rings is 2. The summed E-state index contributed by atoms with van der Waals surface area (Å²) in [7, 11) is 0. The standard InChI is InChI=1S/C26H29FN2O/c1-3-19-30-24-15-13-23(14-16-24)26-18-17-25(28-29-26)22-11-9-21(10-12-22)8-6-4-5-7-20(2)27/h3,9-18,20H,1,4-8,19H2,2H3. The van der Waals surface area contributed by atoms with Gasteiger partial charge >= 0.3 is 0 Å². The lowest BCUT2D eigenvalue weighted by Crippen LogP contribution is -1.94. The van der Waals surface area contributed by atoms with Crippen LogP contribution in [0.4, 0.5) is 4.39 Å². The second kappa shape index (κ2) is 11.2. The molecule has 3 nitrogen and oxygen atoms in total. The van der Waals surface area contributed by atoms with Crippen molar-refractivity contribution in [3.05, 3.63) is 78.9 Å². The molecular formula is C26H29FN2O. The van der Waals surface area contributed by atoms with Crippen molar-refractivity contribution >= 4 is 0 Å². The van der Waals surface area contributed by atoms with E-state index in [1.54, 1.807) is 13.0 Å². The van der Waals surface area contributed by atoms with Crippen molar-refractivity contribution < 1.29 is 9.13 Å². The summed E-state index contributed by atoms with van der Waals surface area (Å²) in [5.74, 6) is 0.806. The first-order valence-electron chi connectivity index (χ1n) is 10.6. The van der Waals surface area contributed by atoms with Gasteiger partial charge in [-0.1, -0.05) is 49.8 Å². The summed E-state index contributed by atoms with van der Waals surface area (Å²) in [5, 5.41) is 8.79. The average molecular weight is 405 g/mol. The Morgan fingerprint density at radius 1 is 0.867 bits per heavy atom. The molecule has 1 aromatic heterocycles. The van der Waals surface area contributed by atoms with Crippen LogP contribution in [0.1, 0.15) is 38.2 Å². The molecule has 0 saturated carbocycles. The maximum atomic E-state index is 12.8. The van der Waals surface area contributed by atoms with Crippen molar-refractivity contribution in [3.63, 3.8) is 0 Å². The maximum Gasteiger partial charge on any atom is 0.119 e. The molecule has 0 aliphatic heterocycles. The van der Waals surface area contributed by atoms with E-state index in [1.807, 2.05) is 36.4 Å². The molecule has 1 unspecified atom stereocenters. The predicted molar refractivity (Wildman–Crippen MR) is 121 cm³/mol. The minimum Gasteiger partial charge on any atom is -0.490 e. The molecule has 0 saturated heterocycles. The molecule has 0 amide bonds. The van der Waals surface area contributed by atoms with Gasteiger partial charge in [0.25, 0.3) is 0 Å². The molecule has 0 radical (unpaired) electrons. The summed E-state index contributed by atoms with van der Waals surface area (Å²) in [4.78, 5) is 0. The van der Waals surface area contributed by atoms with Crippen LogP contribution in [-0.4, -0.2) is 23.0 Å². The van der Waals surface area contributed by atoms with Gasteiger partial charge in [0.05, 0.1) is 17.6 Å². The van der Waals surface area contributed by atoms with E-state index in [2.05, 4.69) is 41.0 Å². The molecule has 3 rings (SSSR count). The molecular weight excluding hydrogens is 375 g/mol. The summed E-state index contributed by atoms with van der Waals surface area (Å²) in [6, 6.07) is 20.3. The number of unbranched alkanes of at least 4 members (excludes halogenated alkanes) is 2. The van der Waals surface area contributed by atoms with Crippen molar-refractivity contribution in [1.29, 1.82) is 0 Å². The van der Waals surface area contributed by atoms with Crippen molar-refractivity contribution in [3.8, 4) is 28.3 Å². The zero-order chi connectivity index (χ0) is 21.2. The predicted octanol–water partition coefficient (Wildman–Crippen LogP) is 6.84. The maximum absolute atomic E-state index is 12.8. The van der Waals surface area contributed by atoms with Crippen LogP contribution in [0.15, 0.2) is 73.3 Å². The largest absolute Gasteiger partial charge is 0.490 e. The minimum atomic E-state index is -0.688. The number of halogens is 1. The van der Waals surface area contributed by atoms with Crippen LogP contribution in [0.5, 0.6) is 5.75 Å². The number of alkyl halides is 1. The van der Waals surface area contributed by atoms with Gasteiger partial charge in [-0.15, -0.1) is 10.2 Å². The van der Waals surface area contributed by atoms with E-state index in [9.17, 15) is 4.39 Å². The van der Waals surface area contributed by atoms with Crippen LogP contribution in [0.2, 0.25) is 0 Å². The Balaban J connectivity index is 1.56. The third-order valence-corrected chi connectivity index (χ3v) is 5.00. The van der Waals surface area contributed by atoms with Crippen molar-refractivity contribution in [1.82, 2.24) is 10.2 Å². The van der Waals surface area contributed by atoms with E-state index in [4.69, 9.17) is 4.74 Å². The van der Waals surface area contributed by atoms with E-state index < -0.39 is 6.17 Å². The molecule has 0 spiro atoms. The van der Waals surface area contributed by atoms with Gasteiger partial charge in [0.1, 0.15) is 12.4 Å². The fourth-order valence-electron chi connectivity index (χ4n) is 3.29. The number of hydrogen-bond acceptors (Lipinski definition) is 3. The fraction of sp³-hybridized carbons (Fsp3) is 0.308. The van der Waals surface area contributed by atoms with Gasteiger partial charge in [-0.2, -0.15) is 0 Å². The highest BCUT2D eigenvalue weighted by atomic mass is 19.1. The molecule has 0 aliphatic carbocycles. The number of nitrogens with zero attached hydrogens (tertiary/aromatic N) is 2. The first-order chi connectivity index (χ1) is 14.7. The van der Waals surface area contributed by atoms with Crippen LogP contribution in [0.3, 0.4) is 0 Å². The Hall–Kier alpha value is -3.01. The number of rotatable bonds is 11. The van der Waals surface area contributed by atoms with Gasteiger partial charge in [0, 0.05) is 11.1 Å². The average Bonchev–Trinajstić information content (AvgIpc) is 2.78. The van der Waals surface area contributed by atoms with Gasteiger partial charge < -0.3 is 4.74 Å². The van der Waals surface area contributed by atoms with Crippen LogP contribution in [0.25, 0.3) is 22.5 Å². The van der Waals surface area contributed by atoms with Gasteiger partial charge in [-0.25, -0.2) is 4.39 Å². The third-order valence-electron chi connectivity index (χ3n) is 5.00. The first-order valence-corrected chi connectivity index (χ1v) is 10.6. The molecule has 0 bridgehead atoms. The number of aryl methyl sites for hydroxylation is 1. The van der Waals surface area contributed by atoms with Gasteiger partial charge in [0.15, 0.2) is 0 Å². The highest BCUT2D eigenvalue weighted by Crippen LogP contribution is 2.23. The molecule has 0 fully saturated rings. The Kier molecular flexibility index (Phi) is 8.13. The lowest BCUT2D eigenvalue weighted by atomic mass is 10.0. The van der Waals surface area contributed by atoms with Crippen LogP contribution >= 0.6 is 0 Å². The Morgan fingerprint density at radius 3 is 2.00 bits per heavy atom. The van der Waals surface area contributed by atoms with Crippen LogP contribution < -0.4 is 4.74 Å². The Morgan fingerprint density at radius 2 is 1.47 bits per heavy atom. The number of hydrogen-bond donors (Lipinski definition) is 0. The smallest absolute Gasteiger partial charge is 0.119 e. The molecule has 1 atom stereocenters. The highest BCUT2D eigenvalue weighted by Gasteiger charge is 2.05. The zero-order valence-corrected chi connectivity index (χ0v) is 17.6. The van der Waals surface area contributed by atoms with Crippen LogP contribution in [-0.2, 0) is 6.42 Å². The molecule has 0 aliphatic rings. The third kappa shape index (κ3) is 6.51. The van der Waals surface area contributed by atoms with E-state index in [0.717, 1.165) is 53.9 Å². The first kappa shape index (κ1) is 21.7. The van der Waals surface area contributed by atoms with E-state index in [-0.39, 0.29) is 0 Å². The van der Waals surface area contributed by atoms with Gasteiger partial charge in [-0.05, 0) is 68.1 Å². The fourth-order valence-corrected chi connectivity index (χ4v) is 3.29. The quantitative estimate of drug-likeness (QED) is 0.259. The summed E-state index contributed by atoms with van der Waals surface area (Å²) >= 11 is 0. The molecule has 0 N–H and O–H groups in total. The van der Waals surface area contributed by atoms with Crippen molar-refractivity contribution in [2.75, 3.05) is 6.61 Å². The second-order valence-electron chi connectivity index (χ2n) is 7.50. The lowest BCUT2D eigenvalue weighted by Gasteiger charge is -2.06. The van der Waals surface area contributed by atoms with E-state index in [1.165, 1.54) is 5.56 Å². The molecule has 156 valence electrons. The van der Waals surface area contributed by atoms with E-state index >= 15 is 0 Å². The van der Waals surface area contributed by atoms with Crippen LogP contribution in [0, 0.1) is 0 Å². The lowest BCUT2D eigenvalue weighted by molar-refractivity contribution is 0.330. The molecule has 2 aromatic carbocycles. The number of aromatic nitrogens is 2. The zero-order valence-electron chi connectivity index (χ0n) is 17.6. The van der Waals surface area contributed by atoms with E-state index in [0.29, 0.717) is 13.0 Å². The molecule has 3 aromatic rings. The molecule has 30 heavy (non-hydrogen) atoms. The minimum absolute atomic E-state index is 0.491. The summed E-state index contributed by atoms with van der Waals surface area (Å²) in [5.41, 5.74) is 5.03. The number of ether oxygens (including phenoxy) is 1. The highest BCUT2D eigenvalue weighted by molar-refractivity contribution is 5.64. The van der Waals surface area contributed by atoms with Crippen molar-refractivity contribution in [2.24, 2.45) is 0 Å². The Labute approximate surface area is 178 Å². The second-order valence-corrected chi connectivity index (χ2v) is 7.50. The SMILES string of the molecule is C=CCOc1ccc(-c2ccc(-c3ccc(CCCCCC(C)F)cc3)nn2)cc1. The molecule has 1 heterocycles. The monoisotopic (exact) mass is 404 g/mol. The summed E-state index contributed by atoms with van der Waals surface area (Å²) < 4.78 is 18.3. The topological polar surface area (TPSA) is 35.0 Å². The summed E-state index contributed by atoms with van der Waals surface area (Å²) in [6.07, 6.45) is 5.86. The summed E-state index contributed by atoms with van der Waals surface area (Å²) in [6.45, 7) is 5.77. The normalized spacial score (nSPS) is 11.8.